The van der Waals surface area contributed by atoms with E-state index in [1.807, 2.05) is 44.0 Å². The highest BCUT2D eigenvalue weighted by molar-refractivity contribution is 6.62. The third kappa shape index (κ3) is 3.95. The van der Waals surface area contributed by atoms with Crippen LogP contribution in [0.2, 0.25) is 0 Å². The molecule has 8 heteroatoms. The van der Waals surface area contributed by atoms with Crippen LogP contribution in [0.25, 0.3) is 11.3 Å². The van der Waals surface area contributed by atoms with Gasteiger partial charge in [-0.2, -0.15) is 0 Å². The normalized spacial score (nSPS) is 29.3. The van der Waals surface area contributed by atoms with Gasteiger partial charge >= 0.3 is 13.2 Å². The standard InChI is InChI=1S/C26H36BN3O4/c1-15-18-13-20(30(21(15)18)23(31)32-24(2,3)4)22-28-14-19(29-22)16-9-11-17(12-10-16)27-33-25(5,6)26(7,8)34-27/h9-12,14-15,18,20-21H,13H2,1-8H3,(H,28,29)/t15-,18+,20+,21-/m1/s1. The summed E-state index contributed by atoms with van der Waals surface area (Å²) in [6.45, 7) is 16.2. The highest BCUT2D eigenvalue weighted by Gasteiger charge is 2.61. The Morgan fingerprint density at radius 1 is 1.15 bits per heavy atom. The maximum absolute atomic E-state index is 13.0. The minimum Gasteiger partial charge on any atom is -0.444 e. The molecule has 7 nitrogen and oxygen atoms in total. The van der Waals surface area contributed by atoms with Crippen molar-refractivity contribution in [2.45, 2.75) is 90.7 Å². The Morgan fingerprint density at radius 3 is 2.35 bits per heavy atom. The number of piperidine rings is 1. The number of H-pyrrole nitrogens is 1. The van der Waals surface area contributed by atoms with Crippen molar-refractivity contribution in [3.8, 4) is 11.3 Å². The van der Waals surface area contributed by atoms with Crippen LogP contribution in [-0.4, -0.2) is 50.9 Å². The molecule has 2 aromatic rings. The molecule has 2 aliphatic heterocycles. The molecule has 3 fully saturated rings. The van der Waals surface area contributed by atoms with Crippen LogP contribution < -0.4 is 5.46 Å². The molecular formula is C26H36BN3O4. The molecule has 3 aliphatic rings. The topological polar surface area (TPSA) is 76.7 Å². The molecule has 0 radical (unpaired) electrons. The van der Waals surface area contributed by atoms with E-state index in [4.69, 9.17) is 14.0 Å². The minimum atomic E-state index is -0.523. The van der Waals surface area contributed by atoms with Gasteiger partial charge in [0.05, 0.1) is 29.1 Å². The van der Waals surface area contributed by atoms with Crippen LogP contribution in [0.1, 0.15) is 73.7 Å². The molecule has 1 aromatic carbocycles. The van der Waals surface area contributed by atoms with E-state index in [9.17, 15) is 4.79 Å². The van der Waals surface area contributed by atoms with Crippen molar-refractivity contribution in [2.24, 2.45) is 11.8 Å². The number of hydrogen-bond acceptors (Lipinski definition) is 5. The number of imidazole rings is 1. The van der Waals surface area contributed by atoms with Crippen LogP contribution in [0.5, 0.6) is 0 Å². The maximum Gasteiger partial charge on any atom is 0.494 e. The third-order valence-electron chi connectivity index (χ3n) is 7.93. The van der Waals surface area contributed by atoms with E-state index in [1.54, 1.807) is 0 Å². The summed E-state index contributed by atoms with van der Waals surface area (Å²) in [5.41, 5.74) is 1.68. The molecule has 1 N–H and O–H groups in total. The van der Waals surface area contributed by atoms with Gasteiger partial charge in [-0.1, -0.05) is 31.2 Å². The fourth-order valence-corrected chi connectivity index (χ4v) is 5.17. The number of benzene rings is 1. The van der Waals surface area contributed by atoms with Crippen molar-refractivity contribution < 1.29 is 18.8 Å². The van der Waals surface area contributed by atoms with Crippen LogP contribution in [0.3, 0.4) is 0 Å². The molecule has 1 aromatic heterocycles. The molecular weight excluding hydrogens is 429 g/mol. The second-order valence-electron chi connectivity index (χ2n) is 12.0. The van der Waals surface area contributed by atoms with Crippen molar-refractivity contribution >= 4 is 18.7 Å². The summed E-state index contributed by atoms with van der Waals surface area (Å²) in [6, 6.07) is 8.34. The first-order valence-corrected chi connectivity index (χ1v) is 12.3. The van der Waals surface area contributed by atoms with Gasteiger partial charge in [0.2, 0.25) is 0 Å². The quantitative estimate of drug-likeness (QED) is 0.666. The molecule has 182 valence electrons. The Bertz CT molecular complexity index is 1070. The van der Waals surface area contributed by atoms with Gasteiger partial charge in [-0.25, -0.2) is 9.78 Å². The molecule has 0 bridgehead atoms. The van der Waals surface area contributed by atoms with E-state index in [0.717, 1.165) is 29.0 Å². The highest BCUT2D eigenvalue weighted by Crippen LogP contribution is 2.57. The first-order chi connectivity index (χ1) is 15.8. The van der Waals surface area contributed by atoms with Crippen molar-refractivity contribution in [3.63, 3.8) is 0 Å². The molecule has 34 heavy (non-hydrogen) atoms. The largest absolute Gasteiger partial charge is 0.494 e. The Morgan fingerprint density at radius 2 is 1.76 bits per heavy atom. The van der Waals surface area contributed by atoms with Crippen molar-refractivity contribution in [2.75, 3.05) is 0 Å². The van der Waals surface area contributed by atoms with E-state index in [1.165, 1.54) is 0 Å². The molecule has 4 atom stereocenters. The Hall–Kier alpha value is -2.32. The first kappa shape index (κ1) is 23.4. The summed E-state index contributed by atoms with van der Waals surface area (Å²) in [5.74, 6) is 1.85. The minimum absolute atomic E-state index is 0.0844. The number of fused-ring (bicyclic) bond motifs is 1. The zero-order chi connectivity index (χ0) is 24.6. The molecule has 1 aliphatic carbocycles. The molecule has 1 amide bonds. The monoisotopic (exact) mass is 465 g/mol. The van der Waals surface area contributed by atoms with E-state index < -0.39 is 5.60 Å². The van der Waals surface area contributed by atoms with Crippen LogP contribution in [-0.2, 0) is 14.0 Å². The van der Waals surface area contributed by atoms with Crippen molar-refractivity contribution in [1.82, 2.24) is 14.9 Å². The Kier molecular flexibility index (Phi) is 5.23. The summed E-state index contributed by atoms with van der Waals surface area (Å²) in [5, 5.41) is 0. The zero-order valence-corrected chi connectivity index (χ0v) is 21.5. The smallest absolute Gasteiger partial charge is 0.444 e. The number of aromatic nitrogens is 2. The molecule has 0 unspecified atom stereocenters. The number of hydrogen-bond donors (Lipinski definition) is 1. The van der Waals surface area contributed by atoms with Gasteiger partial charge in [0.1, 0.15) is 11.4 Å². The second kappa shape index (κ2) is 7.59. The number of nitrogens with one attached hydrogen (secondary N) is 1. The number of amides is 1. The van der Waals surface area contributed by atoms with E-state index in [2.05, 4.69) is 56.7 Å². The number of aromatic amines is 1. The number of nitrogens with zero attached hydrogens (tertiary/aromatic N) is 2. The van der Waals surface area contributed by atoms with Gasteiger partial charge in [0.15, 0.2) is 0 Å². The van der Waals surface area contributed by atoms with Gasteiger partial charge in [-0.15, -0.1) is 0 Å². The van der Waals surface area contributed by atoms with Gasteiger partial charge in [-0.05, 0) is 77.7 Å². The lowest BCUT2D eigenvalue weighted by molar-refractivity contribution is 0.00578. The number of rotatable bonds is 3. The summed E-state index contributed by atoms with van der Waals surface area (Å²) >= 11 is 0. The number of likely N-dealkylation sites (tertiary alicyclic amines) is 1. The first-order valence-electron chi connectivity index (χ1n) is 12.3. The average Bonchev–Trinajstić information content (AvgIpc) is 3.13. The molecule has 0 spiro atoms. The van der Waals surface area contributed by atoms with E-state index >= 15 is 0 Å². The fraction of sp³-hybridized carbons (Fsp3) is 0.615. The van der Waals surface area contributed by atoms with Gasteiger partial charge < -0.3 is 19.0 Å². The average molecular weight is 465 g/mol. The lowest BCUT2D eigenvalue weighted by Gasteiger charge is -2.32. The predicted octanol–water partition coefficient (Wildman–Crippen LogP) is 4.69. The predicted molar refractivity (Wildman–Crippen MR) is 132 cm³/mol. The third-order valence-corrected chi connectivity index (χ3v) is 7.93. The van der Waals surface area contributed by atoms with E-state index in [-0.39, 0.29) is 36.5 Å². The number of ether oxygens (including phenoxy) is 1. The highest BCUT2D eigenvalue weighted by atomic mass is 16.7. The van der Waals surface area contributed by atoms with Crippen LogP contribution in [0, 0.1) is 11.8 Å². The second-order valence-corrected chi connectivity index (χ2v) is 12.0. The summed E-state index contributed by atoms with van der Waals surface area (Å²) in [6.07, 6.45) is 2.51. The number of carbonyl (C=O) groups excluding carboxylic acids is 1. The molecule has 2 saturated heterocycles. The summed E-state index contributed by atoms with van der Waals surface area (Å²) in [4.78, 5) is 23.0. The molecule has 5 rings (SSSR count). The SMILES string of the molecule is C[C@@H]1[C@@H]2C[C@@H](c3ncc(-c4ccc(B5OC(C)(C)C(C)(C)O5)cc4)[nH]3)N(C(=O)OC(C)(C)C)[C@H]12. The van der Waals surface area contributed by atoms with Crippen LogP contribution in [0.15, 0.2) is 30.5 Å². The summed E-state index contributed by atoms with van der Waals surface area (Å²) < 4.78 is 18.1. The van der Waals surface area contributed by atoms with Gasteiger partial charge in [-0.3, -0.25) is 4.90 Å². The fourth-order valence-electron chi connectivity index (χ4n) is 5.17. The molecule has 1 saturated carbocycles. The van der Waals surface area contributed by atoms with Crippen molar-refractivity contribution in [3.05, 3.63) is 36.3 Å². The Balaban J connectivity index is 1.33. The lowest BCUT2D eigenvalue weighted by Crippen LogP contribution is -2.41. The molecule has 3 heterocycles. The maximum atomic E-state index is 13.0. The number of carbonyl (C=O) groups is 1. The van der Waals surface area contributed by atoms with Gasteiger partial charge in [0, 0.05) is 6.04 Å². The van der Waals surface area contributed by atoms with Gasteiger partial charge in [0.25, 0.3) is 0 Å². The zero-order valence-electron chi connectivity index (χ0n) is 21.5. The summed E-state index contributed by atoms with van der Waals surface area (Å²) in [7, 11) is -0.383. The van der Waals surface area contributed by atoms with Crippen molar-refractivity contribution in [1.29, 1.82) is 0 Å². The Labute approximate surface area is 202 Å². The van der Waals surface area contributed by atoms with Crippen LogP contribution >= 0.6 is 0 Å². The van der Waals surface area contributed by atoms with E-state index in [0.29, 0.717) is 11.8 Å². The lowest BCUT2D eigenvalue weighted by atomic mass is 9.79. The van der Waals surface area contributed by atoms with Crippen LogP contribution in [0.4, 0.5) is 4.79 Å².